The Bertz CT molecular complexity index is 359. The van der Waals surface area contributed by atoms with Crippen molar-refractivity contribution < 1.29 is 14.3 Å². The average Bonchev–Trinajstić information content (AvgIpc) is 2.31. The van der Waals surface area contributed by atoms with Crippen LogP contribution in [-0.2, 0) is 9.47 Å². The quantitative estimate of drug-likeness (QED) is 0.449. The molecule has 0 bridgehead atoms. The molecule has 0 rings (SSSR count). The molecule has 3 nitrogen and oxygen atoms in total. The Balaban J connectivity index is 4.22. The van der Waals surface area contributed by atoms with Crippen molar-refractivity contribution in [3.05, 3.63) is 24.3 Å². The van der Waals surface area contributed by atoms with E-state index in [0.29, 0.717) is 6.42 Å². The number of allylic oxidation sites excluding steroid dienone is 3. The molecule has 0 heterocycles. The summed E-state index contributed by atoms with van der Waals surface area (Å²) in [6.07, 6.45) is 10.3. The average molecular weight is 296 g/mol. The smallest absolute Gasteiger partial charge is 0.431 e. The second-order valence-electron chi connectivity index (χ2n) is 7.03. The SMILES string of the molecule is CC/C=C\C/C=C\CC(C)(C)OC(=O)OC(C)C(C)(C)C. The van der Waals surface area contributed by atoms with Gasteiger partial charge in [-0.1, -0.05) is 52.0 Å². The Morgan fingerprint density at radius 2 is 1.62 bits per heavy atom. The lowest BCUT2D eigenvalue weighted by molar-refractivity contribution is -0.0507. The molecule has 0 saturated carbocycles. The molecule has 1 atom stereocenters. The van der Waals surface area contributed by atoms with E-state index >= 15 is 0 Å². The molecule has 0 N–H and O–H groups in total. The number of rotatable bonds is 7. The van der Waals surface area contributed by atoms with Crippen LogP contribution in [0.2, 0.25) is 0 Å². The van der Waals surface area contributed by atoms with E-state index < -0.39 is 11.8 Å². The van der Waals surface area contributed by atoms with Gasteiger partial charge in [-0.15, -0.1) is 0 Å². The Morgan fingerprint density at radius 1 is 1.05 bits per heavy atom. The van der Waals surface area contributed by atoms with E-state index in [2.05, 4.69) is 25.2 Å². The van der Waals surface area contributed by atoms with Crippen molar-refractivity contribution in [2.75, 3.05) is 0 Å². The van der Waals surface area contributed by atoms with E-state index in [1.807, 2.05) is 47.6 Å². The van der Waals surface area contributed by atoms with Crippen LogP contribution in [0.15, 0.2) is 24.3 Å². The maximum absolute atomic E-state index is 11.8. The zero-order chi connectivity index (χ0) is 16.5. The van der Waals surface area contributed by atoms with E-state index in [0.717, 1.165) is 12.8 Å². The largest absolute Gasteiger partial charge is 0.509 e. The van der Waals surface area contributed by atoms with Gasteiger partial charge in [0.2, 0.25) is 0 Å². The van der Waals surface area contributed by atoms with Gasteiger partial charge < -0.3 is 9.47 Å². The molecule has 0 saturated heterocycles. The number of ether oxygens (including phenoxy) is 2. The summed E-state index contributed by atoms with van der Waals surface area (Å²) in [6.45, 7) is 13.9. The third-order valence-electron chi connectivity index (χ3n) is 3.30. The fourth-order valence-electron chi connectivity index (χ4n) is 1.42. The Morgan fingerprint density at radius 3 is 2.14 bits per heavy atom. The van der Waals surface area contributed by atoms with Gasteiger partial charge in [0.25, 0.3) is 0 Å². The van der Waals surface area contributed by atoms with Gasteiger partial charge in [-0.25, -0.2) is 4.79 Å². The van der Waals surface area contributed by atoms with Crippen LogP contribution in [0.1, 0.15) is 67.7 Å². The summed E-state index contributed by atoms with van der Waals surface area (Å²) in [6, 6.07) is 0. The van der Waals surface area contributed by atoms with Crippen LogP contribution in [0.4, 0.5) is 4.79 Å². The third-order valence-corrected chi connectivity index (χ3v) is 3.30. The molecule has 122 valence electrons. The Labute approximate surface area is 130 Å². The lowest BCUT2D eigenvalue weighted by Gasteiger charge is -2.29. The van der Waals surface area contributed by atoms with Gasteiger partial charge in [-0.2, -0.15) is 0 Å². The molecule has 1 unspecified atom stereocenters. The van der Waals surface area contributed by atoms with Crippen LogP contribution < -0.4 is 0 Å². The lowest BCUT2D eigenvalue weighted by Crippen LogP contribution is -2.33. The summed E-state index contributed by atoms with van der Waals surface area (Å²) in [4.78, 5) is 11.8. The van der Waals surface area contributed by atoms with Crippen LogP contribution in [0.3, 0.4) is 0 Å². The highest BCUT2D eigenvalue weighted by Gasteiger charge is 2.28. The highest BCUT2D eigenvalue weighted by atomic mass is 16.7. The van der Waals surface area contributed by atoms with Crippen molar-refractivity contribution in [3.8, 4) is 0 Å². The topological polar surface area (TPSA) is 35.5 Å². The molecule has 0 aliphatic rings. The van der Waals surface area contributed by atoms with Crippen molar-refractivity contribution in [2.24, 2.45) is 5.41 Å². The summed E-state index contributed by atoms with van der Waals surface area (Å²) in [7, 11) is 0. The van der Waals surface area contributed by atoms with Crippen molar-refractivity contribution in [3.63, 3.8) is 0 Å². The molecule has 0 aliphatic carbocycles. The van der Waals surface area contributed by atoms with Gasteiger partial charge in [-0.3, -0.25) is 0 Å². The molecule has 21 heavy (non-hydrogen) atoms. The van der Waals surface area contributed by atoms with E-state index in [9.17, 15) is 4.79 Å². The highest BCUT2D eigenvalue weighted by Crippen LogP contribution is 2.23. The second kappa shape index (κ2) is 8.91. The number of carbonyl (C=O) groups excluding carboxylic acids is 1. The molecule has 0 aliphatic heterocycles. The third kappa shape index (κ3) is 10.2. The van der Waals surface area contributed by atoms with Crippen molar-refractivity contribution in [1.82, 2.24) is 0 Å². The van der Waals surface area contributed by atoms with Gasteiger partial charge in [0.15, 0.2) is 0 Å². The monoisotopic (exact) mass is 296 g/mol. The van der Waals surface area contributed by atoms with E-state index in [-0.39, 0.29) is 11.5 Å². The minimum absolute atomic E-state index is 0.0886. The molecule has 0 amide bonds. The molecule has 3 heteroatoms. The second-order valence-corrected chi connectivity index (χ2v) is 7.03. The molecule has 0 aromatic carbocycles. The van der Waals surface area contributed by atoms with E-state index in [4.69, 9.17) is 9.47 Å². The molecular formula is C18H32O3. The summed E-state index contributed by atoms with van der Waals surface area (Å²) in [5.41, 5.74) is -0.645. The fourth-order valence-corrected chi connectivity index (χ4v) is 1.42. The molecular weight excluding hydrogens is 264 g/mol. The highest BCUT2D eigenvalue weighted by molar-refractivity contribution is 5.60. The Hall–Kier alpha value is -1.25. The van der Waals surface area contributed by atoms with Crippen LogP contribution in [0.5, 0.6) is 0 Å². The first-order valence-corrected chi connectivity index (χ1v) is 7.78. The normalized spacial score (nSPS) is 14.6. The summed E-state index contributed by atoms with van der Waals surface area (Å²) < 4.78 is 10.7. The molecule has 0 aromatic heterocycles. The van der Waals surface area contributed by atoms with Gasteiger partial charge in [-0.05, 0) is 39.0 Å². The lowest BCUT2D eigenvalue weighted by atomic mass is 9.90. The van der Waals surface area contributed by atoms with E-state index in [1.165, 1.54) is 0 Å². The zero-order valence-electron chi connectivity index (χ0n) is 14.7. The van der Waals surface area contributed by atoms with Crippen molar-refractivity contribution in [2.45, 2.75) is 79.4 Å². The molecule has 0 fully saturated rings. The first kappa shape index (κ1) is 19.8. The van der Waals surface area contributed by atoms with Gasteiger partial charge >= 0.3 is 6.16 Å². The van der Waals surface area contributed by atoms with Crippen molar-refractivity contribution in [1.29, 1.82) is 0 Å². The summed E-state index contributed by atoms with van der Waals surface area (Å²) in [5.74, 6) is 0. The van der Waals surface area contributed by atoms with E-state index in [1.54, 1.807) is 0 Å². The van der Waals surface area contributed by atoms with Crippen LogP contribution in [-0.4, -0.2) is 17.9 Å². The maximum Gasteiger partial charge on any atom is 0.509 e. The predicted molar refractivity (Wildman–Crippen MR) is 88.4 cm³/mol. The molecule has 0 radical (unpaired) electrons. The Kier molecular flexibility index (Phi) is 8.38. The predicted octanol–water partition coefficient (Wildman–Crippen LogP) is 5.66. The van der Waals surface area contributed by atoms with Gasteiger partial charge in [0, 0.05) is 6.42 Å². The van der Waals surface area contributed by atoms with Crippen LogP contribution in [0.25, 0.3) is 0 Å². The van der Waals surface area contributed by atoms with Gasteiger partial charge in [0.05, 0.1) is 0 Å². The first-order valence-electron chi connectivity index (χ1n) is 7.78. The minimum atomic E-state index is -0.596. The number of hydrogen-bond acceptors (Lipinski definition) is 3. The zero-order valence-corrected chi connectivity index (χ0v) is 14.7. The molecule has 0 spiro atoms. The maximum atomic E-state index is 11.8. The summed E-state index contributed by atoms with van der Waals surface area (Å²) in [5, 5.41) is 0. The van der Waals surface area contributed by atoms with Crippen LogP contribution in [0, 0.1) is 5.41 Å². The fraction of sp³-hybridized carbons (Fsp3) is 0.722. The van der Waals surface area contributed by atoms with Gasteiger partial charge in [0.1, 0.15) is 11.7 Å². The minimum Gasteiger partial charge on any atom is -0.431 e. The summed E-state index contributed by atoms with van der Waals surface area (Å²) >= 11 is 0. The van der Waals surface area contributed by atoms with Crippen LogP contribution >= 0.6 is 0 Å². The molecule has 0 aromatic rings. The number of hydrogen-bond donors (Lipinski definition) is 0. The first-order chi connectivity index (χ1) is 9.58. The number of carbonyl (C=O) groups is 1. The van der Waals surface area contributed by atoms with Crippen molar-refractivity contribution >= 4 is 6.16 Å². The standard InChI is InChI=1S/C18H32O3/c1-8-9-10-11-12-13-14-18(6,7)21-16(19)20-15(2)17(3,4)5/h9-10,12-13,15H,8,11,14H2,1-7H3/b10-9-,13-12-.